The summed E-state index contributed by atoms with van der Waals surface area (Å²) in [5.41, 5.74) is 0.615. The highest BCUT2D eigenvalue weighted by Gasteiger charge is 2.28. The van der Waals surface area contributed by atoms with E-state index >= 15 is 0 Å². The van der Waals surface area contributed by atoms with Crippen molar-refractivity contribution in [3.05, 3.63) is 17.7 Å². The van der Waals surface area contributed by atoms with Crippen LogP contribution in [0.3, 0.4) is 0 Å². The van der Waals surface area contributed by atoms with Crippen molar-refractivity contribution in [2.45, 2.75) is 19.1 Å². The third-order valence-corrected chi connectivity index (χ3v) is 2.80. The van der Waals surface area contributed by atoms with E-state index in [-0.39, 0.29) is 0 Å². The van der Waals surface area contributed by atoms with Crippen molar-refractivity contribution in [2.24, 2.45) is 0 Å². The van der Waals surface area contributed by atoms with Crippen LogP contribution in [0.2, 0.25) is 0 Å². The Balaban J connectivity index is 3.00. The van der Waals surface area contributed by atoms with Gasteiger partial charge in [-0.15, -0.1) is 0 Å². The van der Waals surface area contributed by atoms with Crippen molar-refractivity contribution >= 4 is 0 Å². The Bertz CT molecular complexity index is 424. The lowest BCUT2D eigenvalue weighted by Crippen LogP contribution is -2.30. The first-order chi connectivity index (χ1) is 9.32. The van der Waals surface area contributed by atoms with Gasteiger partial charge < -0.3 is 19.5 Å². The molecule has 1 aromatic rings. The van der Waals surface area contributed by atoms with Gasteiger partial charge in [0.05, 0.1) is 27.9 Å². The van der Waals surface area contributed by atoms with Gasteiger partial charge in [-0.05, 0) is 24.6 Å². The molecule has 114 valence electrons. The molecule has 0 radical (unpaired) electrons. The van der Waals surface area contributed by atoms with Gasteiger partial charge in [-0.25, -0.2) is 0 Å². The van der Waals surface area contributed by atoms with Gasteiger partial charge in [-0.3, -0.25) is 0 Å². The summed E-state index contributed by atoms with van der Waals surface area (Å²) in [5.74, 6) is 1.21. The van der Waals surface area contributed by atoms with E-state index in [1.807, 2.05) is 0 Å². The zero-order valence-corrected chi connectivity index (χ0v) is 11.8. The molecule has 0 heterocycles. The molecule has 0 fully saturated rings. The second-order valence-corrected chi connectivity index (χ2v) is 4.18. The monoisotopic (exact) mass is 293 g/mol. The minimum Gasteiger partial charge on any atom is -0.493 e. The van der Waals surface area contributed by atoms with Gasteiger partial charge in [0.15, 0.2) is 11.5 Å². The van der Waals surface area contributed by atoms with Crippen molar-refractivity contribution in [3.63, 3.8) is 0 Å². The lowest BCUT2D eigenvalue weighted by Gasteiger charge is -2.19. The summed E-state index contributed by atoms with van der Waals surface area (Å²) in [6.07, 6.45) is -4.26. The average molecular weight is 293 g/mol. The van der Waals surface area contributed by atoms with E-state index in [9.17, 15) is 13.2 Å². The molecular weight excluding hydrogens is 275 g/mol. The second kappa shape index (κ2) is 6.69. The van der Waals surface area contributed by atoms with Crippen LogP contribution < -0.4 is 19.5 Å². The molecule has 1 atom stereocenters. The first kappa shape index (κ1) is 16.4. The second-order valence-electron chi connectivity index (χ2n) is 4.18. The number of methoxy groups -OCH3 is 3. The highest BCUT2D eigenvalue weighted by Crippen LogP contribution is 2.39. The lowest BCUT2D eigenvalue weighted by atomic mass is 10.1. The third kappa shape index (κ3) is 4.19. The van der Waals surface area contributed by atoms with Crippen molar-refractivity contribution in [3.8, 4) is 17.2 Å². The molecule has 0 saturated heterocycles. The summed E-state index contributed by atoms with van der Waals surface area (Å²) in [6.45, 7) is 0.567. The lowest BCUT2D eigenvalue weighted by molar-refractivity contribution is -0.126. The first-order valence-corrected chi connectivity index (χ1v) is 5.92. The Morgan fingerprint density at radius 2 is 1.55 bits per heavy atom. The molecule has 0 aliphatic rings. The van der Waals surface area contributed by atoms with Gasteiger partial charge in [0.2, 0.25) is 5.75 Å². The number of rotatable bonds is 6. The molecule has 0 saturated carbocycles. The standard InChI is InChI=1S/C13H18F3NO3/c1-8(17-7-13(14,15)16)9-5-10(18-2)12(20-4)11(6-9)19-3/h5-6,8,17H,7H2,1-4H3. The van der Waals surface area contributed by atoms with Crippen molar-refractivity contribution in [1.82, 2.24) is 5.32 Å². The Hall–Kier alpha value is -1.63. The fourth-order valence-corrected chi connectivity index (χ4v) is 1.74. The van der Waals surface area contributed by atoms with E-state index in [0.29, 0.717) is 22.8 Å². The number of nitrogens with one attached hydrogen (secondary N) is 1. The predicted molar refractivity (Wildman–Crippen MR) is 68.6 cm³/mol. The van der Waals surface area contributed by atoms with Crippen LogP contribution in [-0.4, -0.2) is 34.1 Å². The van der Waals surface area contributed by atoms with E-state index < -0.39 is 18.8 Å². The first-order valence-electron chi connectivity index (χ1n) is 5.92. The van der Waals surface area contributed by atoms with E-state index in [1.54, 1.807) is 19.1 Å². The smallest absolute Gasteiger partial charge is 0.401 e. The van der Waals surface area contributed by atoms with Crippen LogP contribution in [-0.2, 0) is 0 Å². The van der Waals surface area contributed by atoms with Crippen LogP contribution in [0.4, 0.5) is 13.2 Å². The molecule has 20 heavy (non-hydrogen) atoms. The highest BCUT2D eigenvalue weighted by molar-refractivity contribution is 5.54. The number of hydrogen-bond donors (Lipinski definition) is 1. The molecule has 0 aliphatic carbocycles. The van der Waals surface area contributed by atoms with Gasteiger partial charge in [0, 0.05) is 6.04 Å². The van der Waals surface area contributed by atoms with Crippen LogP contribution in [0, 0.1) is 0 Å². The van der Waals surface area contributed by atoms with Crippen LogP contribution in [0.1, 0.15) is 18.5 Å². The van der Waals surface area contributed by atoms with Crippen LogP contribution in [0.15, 0.2) is 12.1 Å². The molecule has 0 bridgehead atoms. The van der Waals surface area contributed by atoms with Crippen LogP contribution in [0.25, 0.3) is 0 Å². The van der Waals surface area contributed by atoms with E-state index in [4.69, 9.17) is 14.2 Å². The Kier molecular flexibility index (Phi) is 5.50. The van der Waals surface area contributed by atoms with E-state index in [0.717, 1.165) is 0 Å². The van der Waals surface area contributed by atoms with Gasteiger partial charge in [-0.2, -0.15) is 13.2 Å². The van der Waals surface area contributed by atoms with Crippen molar-refractivity contribution < 1.29 is 27.4 Å². The van der Waals surface area contributed by atoms with Gasteiger partial charge >= 0.3 is 6.18 Å². The van der Waals surface area contributed by atoms with E-state index in [1.165, 1.54) is 21.3 Å². The SMILES string of the molecule is COc1cc(C(C)NCC(F)(F)F)cc(OC)c1OC. The van der Waals surface area contributed by atoms with Crippen molar-refractivity contribution in [1.29, 1.82) is 0 Å². The van der Waals surface area contributed by atoms with Gasteiger partial charge in [0.25, 0.3) is 0 Å². The van der Waals surface area contributed by atoms with Gasteiger partial charge in [0.1, 0.15) is 0 Å². The summed E-state index contributed by atoms with van der Waals surface area (Å²) in [4.78, 5) is 0. The number of ether oxygens (including phenoxy) is 3. The summed E-state index contributed by atoms with van der Waals surface area (Å²) >= 11 is 0. The summed E-state index contributed by atoms with van der Waals surface area (Å²) < 4.78 is 52.1. The molecule has 4 nitrogen and oxygen atoms in total. The maximum atomic E-state index is 12.2. The Morgan fingerprint density at radius 3 is 1.90 bits per heavy atom. The molecular formula is C13H18F3NO3. The quantitative estimate of drug-likeness (QED) is 0.875. The molecule has 0 spiro atoms. The number of alkyl halides is 3. The predicted octanol–water partition coefficient (Wildman–Crippen LogP) is 2.93. The fraction of sp³-hybridized carbons (Fsp3) is 0.538. The molecule has 1 rings (SSSR count). The number of hydrogen-bond acceptors (Lipinski definition) is 4. The van der Waals surface area contributed by atoms with Crippen LogP contribution in [0.5, 0.6) is 17.2 Å². The van der Waals surface area contributed by atoms with Crippen LogP contribution >= 0.6 is 0 Å². The molecule has 1 aromatic carbocycles. The summed E-state index contributed by atoms with van der Waals surface area (Å²) in [5, 5.41) is 2.40. The zero-order valence-electron chi connectivity index (χ0n) is 11.8. The minimum atomic E-state index is -4.26. The molecule has 1 unspecified atom stereocenters. The molecule has 7 heteroatoms. The van der Waals surface area contributed by atoms with Gasteiger partial charge in [-0.1, -0.05) is 0 Å². The molecule has 0 aromatic heterocycles. The average Bonchev–Trinajstić information content (AvgIpc) is 2.42. The van der Waals surface area contributed by atoms with Crippen molar-refractivity contribution in [2.75, 3.05) is 27.9 Å². The highest BCUT2D eigenvalue weighted by atomic mass is 19.4. The normalized spacial score (nSPS) is 12.9. The fourth-order valence-electron chi connectivity index (χ4n) is 1.74. The minimum absolute atomic E-state index is 0.404. The number of benzene rings is 1. The summed E-state index contributed by atoms with van der Waals surface area (Å²) in [6, 6.07) is 2.73. The maximum absolute atomic E-state index is 12.2. The van der Waals surface area contributed by atoms with E-state index in [2.05, 4.69) is 5.32 Å². The molecule has 0 aliphatic heterocycles. The molecule has 1 N–H and O–H groups in total. The number of halogens is 3. The maximum Gasteiger partial charge on any atom is 0.401 e. The Labute approximate surface area is 115 Å². The topological polar surface area (TPSA) is 39.7 Å². The molecule has 0 amide bonds. The summed E-state index contributed by atoms with van der Waals surface area (Å²) in [7, 11) is 4.37. The zero-order chi connectivity index (χ0) is 15.3. The largest absolute Gasteiger partial charge is 0.493 e. The third-order valence-electron chi connectivity index (χ3n) is 2.80. The Morgan fingerprint density at radius 1 is 1.05 bits per heavy atom.